The van der Waals surface area contributed by atoms with Crippen LogP contribution < -0.4 is 5.32 Å². The van der Waals surface area contributed by atoms with Crippen molar-refractivity contribution in [3.8, 4) is 11.1 Å². The van der Waals surface area contributed by atoms with Crippen LogP contribution in [0.3, 0.4) is 0 Å². The molecule has 0 aliphatic heterocycles. The van der Waals surface area contributed by atoms with Gasteiger partial charge in [0.15, 0.2) is 0 Å². The minimum Gasteiger partial charge on any atom is -0.359 e. The molecule has 0 unspecified atom stereocenters. The van der Waals surface area contributed by atoms with Crippen LogP contribution in [0.25, 0.3) is 43.8 Å². The highest BCUT2D eigenvalue weighted by Gasteiger charge is 2.42. The third kappa shape index (κ3) is 7.56. The third-order valence-electron chi connectivity index (χ3n) is 14.7. The van der Waals surface area contributed by atoms with Gasteiger partial charge in [-0.1, -0.05) is 189 Å². The van der Waals surface area contributed by atoms with Gasteiger partial charge in [-0.3, -0.25) is 0 Å². The first-order valence-corrected chi connectivity index (χ1v) is 23.2. The van der Waals surface area contributed by atoms with Gasteiger partial charge in [-0.25, -0.2) is 0 Å². The minimum absolute atomic E-state index is 0.102. The fraction of sp³-hybridized carbons (Fsp3) is 0.404. The van der Waals surface area contributed by atoms with E-state index >= 15 is 0 Å². The highest BCUT2D eigenvalue weighted by molar-refractivity contribution is 6.16. The van der Waals surface area contributed by atoms with E-state index in [1.165, 1.54) is 143 Å². The zero-order chi connectivity index (χ0) is 40.1. The molecule has 0 heterocycles. The topological polar surface area (TPSA) is 12.0 Å². The molecule has 1 N–H and O–H groups in total. The van der Waals surface area contributed by atoms with Gasteiger partial charge in [0.05, 0.1) is 0 Å². The number of benzene rings is 5. The first-order valence-electron chi connectivity index (χ1n) is 23.2. The van der Waals surface area contributed by atoms with Crippen molar-refractivity contribution in [2.75, 3.05) is 5.32 Å². The highest BCUT2D eigenvalue weighted by Crippen LogP contribution is 2.55. The van der Waals surface area contributed by atoms with E-state index in [1.54, 1.807) is 16.7 Å². The number of allylic oxidation sites excluding steroid dienone is 8. The van der Waals surface area contributed by atoms with Crippen LogP contribution in [0.15, 0.2) is 127 Å². The predicted molar refractivity (Wildman–Crippen MR) is 255 cm³/mol. The molecule has 1 heteroatoms. The standard InChI is InChI=1S/C57H67N/c1-6-10-12-20-38-57(39-21-13-11-7-2)52-27-19-18-22-46(52)47-37-36-45(40-53(47)57)58-44-34-30-42(31-35-44)55-50-25-16-14-23-48(50)54(49-24-15-17-26-51(49)55)41-28-32-43(33-29-41)56(5,8-3)9-4/h14-19,22-28,30,32,34,36-37,40,58H,6-13,20-21,29,31,33,35,38-39H2,1-5H3. The molecule has 0 fully saturated rings. The fourth-order valence-corrected chi connectivity index (χ4v) is 10.9. The monoisotopic (exact) mass is 766 g/mol. The van der Waals surface area contributed by atoms with Crippen molar-refractivity contribution in [3.63, 3.8) is 0 Å². The van der Waals surface area contributed by atoms with E-state index in [9.17, 15) is 0 Å². The van der Waals surface area contributed by atoms with Gasteiger partial charge in [0.25, 0.3) is 0 Å². The van der Waals surface area contributed by atoms with Crippen LogP contribution in [0.4, 0.5) is 5.69 Å². The summed E-state index contributed by atoms with van der Waals surface area (Å²) < 4.78 is 0. The van der Waals surface area contributed by atoms with Crippen molar-refractivity contribution in [1.29, 1.82) is 0 Å². The zero-order valence-electron chi connectivity index (χ0n) is 36.3. The number of hydrogen-bond acceptors (Lipinski definition) is 1. The maximum absolute atomic E-state index is 3.95. The SMILES string of the molecule is CCCCCCC1(CCCCCC)c2ccccc2-c2ccc(NC3=CC=C(c4c5ccccc5c(C5=CC=C(C(C)(CC)CC)CC5)c5ccccc45)CC3)cc21. The van der Waals surface area contributed by atoms with E-state index in [0.29, 0.717) is 5.41 Å². The van der Waals surface area contributed by atoms with Crippen molar-refractivity contribution < 1.29 is 0 Å². The summed E-state index contributed by atoms with van der Waals surface area (Å²) in [6.45, 7) is 11.8. The van der Waals surface area contributed by atoms with Crippen LogP contribution in [-0.4, -0.2) is 0 Å². The highest BCUT2D eigenvalue weighted by atomic mass is 14.9. The summed E-state index contributed by atoms with van der Waals surface area (Å²) >= 11 is 0. The molecule has 3 aliphatic rings. The number of rotatable bonds is 17. The molecule has 0 radical (unpaired) electrons. The van der Waals surface area contributed by atoms with Gasteiger partial charge in [0.1, 0.15) is 0 Å². The van der Waals surface area contributed by atoms with E-state index in [-0.39, 0.29) is 5.41 Å². The van der Waals surface area contributed by atoms with Crippen molar-refractivity contribution in [3.05, 3.63) is 149 Å². The van der Waals surface area contributed by atoms with Crippen LogP contribution in [0.5, 0.6) is 0 Å². The van der Waals surface area contributed by atoms with Gasteiger partial charge in [0.2, 0.25) is 0 Å². The molecule has 1 nitrogen and oxygen atoms in total. The van der Waals surface area contributed by atoms with E-state index in [1.807, 2.05) is 0 Å². The Morgan fingerprint density at radius 3 is 1.57 bits per heavy atom. The van der Waals surface area contributed by atoms with Gasteiger partial charge < -0.3 is 5.32 Å². The zero-order valence-corrected chi connectivity index (χ0v) is 36.3. The van der Waals surface area contributed by atoms with E-state index in [4.69, 9.17) is 0 Å². The second-order valence-electron chi connectivity index (χ2n) is 18.0. The Morgan fingerprint density at radius 1 is 0.517 bits per heavy atom. The molecule has 0 saturated carbocycles. The summed E-state index contributed by atoms with van der Waals surface area (Å²) in [5, 5.41) is 9.47. The molecule has 58 heavy (non-hydrogen) atoms. The summed E-state index contributed by atoms with van der Waals surface area (Å²) in [5.74, 6) is 0. The average Bonchev–Trinajstić information content (AvgIpc) is 3.54. The van der Waals surface area contributed by atoms with Gasteiger partial charge in [0, 0.05) is 16.8 Å². The Balaban J connectivity index is 1.13. The van der Waals surface area contributed by atoms with Crippen LogP contribution in [0.2, 0.25) is 0 Å². The normalized spacial score (nSPS) is 16.1. The molecule has 5 aromatic carbocycles. The van der Waals surface area contributed by atoms with Crippen LogP contribution in [0.1, 0.15) is 160 Å². The lowest BCUT2D eigenvalue weighted by Gasteiger charge is -2.33. The maximum Gasteiger partial charge on any atom is 0.0385 e. The molecule has 3 aliphatic carbocycles. The molecule has 0 spiro atoms. The Morgan fingerprint density at radius 2 is 1.05 bits per heavy atom. The van der Waals surface area contributed by atoms with Crippen molar-refractivity contribution in [2.24, 2.45) is 5.41 Å². The first-order chi connectivity index (χ1) is 28.4. The number of hydrogen-bond donors (Lipinski definition) is 1. The lowest BCUT2D eigenvalue weighted by Crippen LogP contribution is -2.25. The minimum atomic E-state index is 0.102. The Labute approximate surface area is 350 Å². The fourth-order valence-electron chi connectivity index (χ4n) is 10.9. The molecule has 300 valence electrons. The van der Waals surface area contributed by atoms with Gasteiger partial charge in [-0.15, -0.1) is 0 Å². The Hall–Kier alpha value is -4.62. The quantitative estimate of drug-likeness (QED) is 0.0734. The van der Waals surface area contributed by atoms with Crippen molar-refractivity contribution in [1.82, 2.24) is 0 Å². The lowest BCUT2D eigenvalue weighted by molar-refractivity contribution is 0.355. The maximum atomic E-state index is 3.95. The van der Waals surface area contributed by atoms with Gasteiger partial charge in [-0.05, 0) is 141 Å². The first kappa shape index (κ1) is 40.2. The van der Waals surface area contributed by atoms with E-state index in [2.05, 4.69) is 155 Å². The number of nitrogens with one attached hydrogen (secondary N) is 1. The van der Waals surface area contributed by atoms with Gasteiger partial charge >= 0.3 is 0 Å². The van der Waals surface area contributed by atoms with E-state index in [0.717, 1.165) is 25.7 Å². The smallest absolute Gasteiger partial charge is 0.0385 e. The van der Waals surface area contributed by atoms with Crippen LogP contribution in [0, 0.1) is 5.41 Å². The second kappa shape index (κ2) is 17.7. The summed E-state index contributed by atoms with van der Waals surface area (Å²) in [6.07, 6.45) is 29.3. The molecule has 0 amide bonds. The Kier molecular flexibility index (Phi) is 12.3. The molecule has 0 atom stereocenters. The number of anilines is 1. The molecule has 0 saturated heterocycles. The lowest BCUT2D eigenvalue weighted by atomic mass is 9.70. The summed E-state index contributed by atoms with van der Waals surface area (Å²) in [7, 11) is 0. The molecular weight excluding hydrogens is 699 g/mol. The average molecular weight is 766 g/mol. The predicted octanol–water partition coefficient (Wildman–Crippen LogP) is 17.3. The molecule has 5 aromatic rings. The van der Waals surface area contributed by atoms with Crippen molar-refractivity contribution in [2.45, 2.75) is 143 Å². The molecule has 0 aromatic heterocycles. The summed E-state index contributed by atoms with van der Waals surface area (Å²) in [5.41, 5.74) is 16.4. The number of fused-ring (bicyclic) bond motifs is 5. The van der Waals surface area contributed by atoms with Crippen LogP contribution in [-0.2, 0) is 5.41 Å². The second-order valence-corrected chi connectivity index (χ2v) is 18.0. The molecule has 0 bridgehead atoms. The molecule has 8 rings (SSSR count). The summed E-state index contributed by atoms with van der Waals surface area (Å²) in [4.78, 5) is 0. The third-order valence-corrected chi connectivity index (χ3v) is 14.7. The van der Waals surface area contributed by atoms with E-state index < -0.39 is 0 Å². The van der Waals surface area contributed by atoms with Gasteiger partial charge in [-0.2, -0.15) is 0 Å². The largest absolute Gasteiger partial charge is 0.359 e. The summed E-state index contributed by atoms with van der Waals surface area (Å²) in [6, 6.07) is 35.1. The molecular formula is C57H67N. The number of unbranched alkanes of at least 4 members (excludes halogenated alkanes) is 6. The Bertz CT molecular complexity index is 2320. The van der Waals surface area contributed by atoms with Crippen LogP contribution >= 0.6 is 0 Å². The van der Waals surface area contributed by atoms with Crippen molar-refractivity contribution >= 4 is 38.4 Å².